The maximum absolute atomic E-state index is 13.3. The predicted molar refractivity (Wildman–Crippen MR) is 107 cm³/mol. The summed E-state index contributed by atoms with van der Waals surface area (Å²) in [6.07, 6.45) is 6.37. The number of piperidine rings is 1. The molecule has 1 aromatic carbocycles. The van der Waals surface area contributed by atoms with Gasteiger partial charge < -0.3 is 10.6 Å². The van der Waals surface area contributed by atoms with Crippen molar-refractivity contribution in [2.24, 2.45) is 11.7 Å². The molecule has 27 heavy (non-hydrogen) atoms. The Morgan fingerprint density at radius 3 is 2.67 bits per heavy atom. The van der Waals surface area contributed by atoms with E-state index in [1.165, 1.54) is 11.3 Å². The number of nitrogens with zero attached hydrogens (tertiary/aromatic N) is 3. The molecule has 1 saturated heterocycles. The van der Waals surface area contributed by atoms with Gasteiger partial charge in [-0.25, -0.2) is 4.68 Å². The lowest BCUT2D eigenvalue weighted by atomic mass is 9.91. The highest BCUT2D eigenvalue weighted by molar-refractivity contribution is 5.94. The highest BCUT2D eigenvalue weighted by atomic mass is 16.2. The van der Waals surface area contributed by atoms with E-state index in [4.69, 9.17) is 10.8 Å². The molecule has 2 aromatic rings. The summed E-state index contributed by atoms with van der Waals surface area (Å²) in [5.74, 6) is 0.474. The molecule has 1 amide bonds. The fourth-order valence-corrected chi connectivity index (χ4v) is 4.44. The second kappa shape index (κ2) is 7.47. The maximum Gasteiger partial charge on any atom is 0.274 e. The van der Waals surface area contributed by atoms with Gasteiger partial charge in [-0.05, 0) is 70.4 Å². The SMILES string of the molecule is Cc1ccc(-n2nc(C(=O)N3CCCC(C(C)N)C3)c3c2CCCC3)cc1. The number of hydrogen-bond acceptors (Lipinski definition) is 3. The summed E-state index contributed by atoms with van der Waals surface area (Å²) in [6, 6.07) is 8.52. The minimum absolute atomic E-state index is 0.0874. The Labute approximate surface area is 161 Å². The molecule has 0 bridgehead atoms. The van der Waals surface area contributed by atoms with Gasteiger partial charge in [0.25, 0.3) is 5.91 Å². The summed E-state index contributed by atoms with van der Waals surface area (Å²) in [5.41, 5.74) is 11.4. The quantitative estimate of drug-likeness (QED) is 0.907. The van der Waals surface area contributed by atoms with E-state index in [9.17, 15) is 4.79 Å². The van der Waals surface area contributed by atoms with Crippen molar-refractivity contribution in [1.82, 2.24) is 14.7 Å². The van der Waals surface area contributed by atoms with E-state index in [-0.39, 0.29) is 11.9 Å². The largest absolute Gasteiger partial charge is 0.337 e. The summed E-state index contributed by atoms with van der Waals surface area (Å²) in [5, 5.41) is 4.83. The van der Waals surface area contributed by atoms with E-state index in [0.717, 1.165) is 62.9 Å². The topological polar surface area (TPSA) is 64.2 Å². The average Bonchev–Trinajstić information content (AvgIpc) is 3.08. The lowest BCUT2D eigenvalue weighted by Crippen LogP contribution is -2.45. The number of benzene rings is 1. The van der Waals surface area contributed by atoms with Crippen molar-refractivity contribution >= 4 is 5.91 Å². The zero-order chi connectivity index (χ0) is 19.0. The van der Waals surface area contributed by atoms with Gasteiger partial charge in [0.2, 0.25) is 0 Å². The molecule has 5 nitrogen and oxygen atoms in total. The van der Waals surface area contributed by atoms with E-state index in [2.05, 4.69) is 31.2 Å². The molecule has 144 valence electrons. The first-order valence-electron chi connectivity index (χ1n) is 10.3. The monoisotopic (exact) mass is 366 g/mol. The molecule has 2 atom stereocenters. The van der Waals surface area contributed by atoms with Crippen LogP contribution < -0.4 is 5.73 Å². The minimum atomic E-state index is 0.0874. The maximum atomic E-state index is 13.3. The molecule has 4 rings (SSSR count). The van der Waals surface area contributed by atoms with Gasteiger partial charge in [0, 0.05) is 30.4 Å². The highest BCUT2D eigenvalue weighted by Gasteiger charge is 2.31. The Morgan fingerprint density at radius 2 is 1.93 bits per heavy atom. The number of nitrogens with two attached hydrogens (primary N) is 1. The van der Waals surface area contributed by atoms with Gasteiger partial charge >= 0.3 is 0 Å². The Hall–Kier alpha value is -2.14. The van der Waals surface area contributed by atoms with Gasteiger partial charge in [0.05, 0.1) is 5.69 Å². The van der Waals surface area contributed by atoms with Crippen LogP contribution in [-0.2, 0) is 12.8 Å². The first kappa shape index (κ1) is 18.2. The van der Waals surface area contributed by atoms with Gasteiger partial charge in [-0.15, -0.1) is 0 Å². The normalized spacial score (nSPS) is 21.0. The van der Waals surface area contributed by atoms with Crippen LogP contribution in [-0.4, -0.2) is 39.7 Å². The number of carbonyl (C=O) groups is 1. The molecule has 2 aliphatic rings. The minimum Gasteiger partial charge on any atom is -0.337 e. The molecule has 1 aliphatic heterocycles. The van der Waals surface area contributed by atoms with Gasteiger partial charge in [-0.2, -0.15) is 5.10 Å². The van der Waals surface area contributed by atoms with Crippen LogP contribution in [0.15, 0.2) is 24.3 Å². The van der Waals surface area contributed by atoms with Gasteiger partial charge in [0.1, 0.15) is 0 Å². The number of carbonyl (C=O) groups excluding carboxylic acids is 1. The molecule has 1 aliphatic carbocycles. The number of amides is 1. The zero-order valence-electron chi connectivity index (χ0n) is 16.4. The predicted octanol–water partition coefficient (Wildman–Crippen LogP) is 3.26. The molecular formula is C22H30N4O. The third kappa shape index (κ3) is 3.53. The molecule has 2 N–H and O–H groups in total. The van der Waals surface area contributed by atoms with Crippen LogP contribution in [0, 0.1) is 12.8 Å². The fourth-order valence-electron chi connectivity index (χ4n) is 4.44. The lowest BCUT2D eigenvalue weighted by molar-refractivity contribution is 0.0653. The molecule has 2 heterocycles. The van der Waals surface area contributed by atoms with Crippen LogP contribution in [0.3, 0.4) is 0 Å². The Morgan fingerprint density at radius 1 is 1.19 bits per heavy atom. The van der Waals surface area contributed by atoms with Crippen LogP contribution in [0.5, 0.6) is 0 Å². The van der Waals surface area contributed by atoms with Crippen molar-refractivity contribution in [2.75, 3.05) is 13.1 Å². The summed E-state index contributed by atoms with van der Waals surface area (Å²) in [4.78, 5) is 15.3. The van der Waals surface area contributed by atoms with Crippen molar-refractivity contribution in [2.45, 2.75) is 58.4 Å². The number of aromatic nitrogens is 2. The lowest BCUT2D eigenvalue weighted by Gasteiger charge is -2.34. The number of aryl methyl sites for hydroxylation is 1. The van der Waals surface area contributed by atoms with Gasteiger partial charge in [0.15, 0.2) is 5.69 Å². The van der Waals surface area contributed by atoms with Crippen LogP contribution in [0.25, 0.3) is 5.69 Å². The standard InChI is InChI=1S/C22H30N4O/c1-15-9-11-18(12-10-15)26-20-8-4-3-7-19(20)21(24-26)22(27)25-13-5-6-17(14-25)16(2)23/h9-12,16-17H,3-8,13-14,23H2,1-2H3. The van der Waals surface area contributed by atoms with Crippen LogP contribution in [0.2, 0.25) is 0 Å². The summed E-state index contributed by atoms with van der Waals surface area (Å²) < 4.78 is 2.01. The molecule has 2 unspecified atom stereocenters. The van der Waals surface area contributed by atoms with E-state index in [1.807, 2.05) is 16.5 Å². The van der Waals surface area contributed by atoms with Crippen LogP contribution in [0.4, 0.5) is 0 Å². The Kier molecular flexibility index (Phi) is 5.04. The molecular weight excluding hydrogens is 336 g/mol. The average molecular weight is 367 g/mol. The zero-order valence-corrected chi connectivity index (χ0v) is 16.4. The second-order valence-electron chi connectivity index (χ2n) is 8.24. The fraction of sp³-hybridized carbons (Fsp3) is 0.545. The molecule has 0 saturated carbocycles. The molecule has 1 aromatic heterocycles. The Balaban J connectivity index is 1.68. The number of likely N-dealkylation sites (tertiary alicyclic amines) is 1. The molecule has 0 radical (unpaired) electrons. The summed E-state index contributed by atoms with van der Waals surface area (Å²) in [7, 11) is 0. The number of hydrogen-bond donors (Lipinski definition) is 1. The van der Waals surface area contributed by atoms with Crippen molar-refractivity contribution in [3.63, 3.8) is 0 Å². The highest BCUT2D eigenvalue weighted by Crippen LogP contribution is 2.29. The summed E-state index contributed by atoms with van der Waals surface area (Å²) >= 11 is 0. The second-order valence-corrected chi connectivity index (χ2v) is 8.24. The number of rotatable bonds is 3. The van der Waals surface area contributed by atoms with Crippen molar-refractivity contribution in [3.8, 4) is 5.69 Å². The molecule has 5 heteroatoms. The van der Waals surface area contributed by atoms with Crippen molar-refractivity contribution in [1.29, 1.82) is 0 Å². The molecule has 0 spiro atoms. The number of fused-ring (bicyclic) bond motifs is 1. The summed E-state index contributed by atoms with van der Waals surface area (Å²) in [6.45, 7) is 5.70. The van der Waals surface area contributed by atoms with E-state index in [0.29, 0.717) is 11.6 Å². The van der Waals surface area contributed by atoms with Crippen LogP contribution >= 0.6 is 0 Å². The first-order chi connectivity index (χ1) is 13.0. The van der Waals surface area contributed by atoms with E-state index < -0.39 is 0 Å². The van der Waals surface area contributed by atoms with Crippen molar-refractivity contribution in [3.05, 3.63) is 46.8 Å². The smallest absolute Gasteiger partial charge is 0.274 e. The molecule has 1 fully saturated rings. The third-order valence-corrected chi connectivity index (χ3v) is 6.15. The van der Waals surface area contributed by atoms with Gasteiger partial charge in [-0.1, -0.05) is 17.7 Å². The third-order valence-electron chi connectivity index (χ3n) is 6.15. The van der Waals surface area contributed by atoms with Crippen LogP contribution in [0.1, 0.15) is 59.9 Å². The Bertz CT molecular complexity index is 822. The van der Waals surface area contributed by atoms with Crippen molar-refractivity contribution < 1.29 is 4.79 Å². The van der Waals surface area contributed by atoms with E-state index >= 15 is 0 Å². The van der Waals surface area contributed by atoms with E-state index in [1.54, 1.807) is 0 Å². The van der Waals surface area contributed by atoms with Gasteiger partial charge in [-0.3, -0.25) is 4.79 Å². The first-order valence-corrected chi connectivity index (χ1v) is 10.3.